The molecule has 200 valence electrons. The van der Waals surface area contributed by atoms with Crippen LogP contribution in [0.4, 0.5) is 0 Å². The lowest BCUT2D eigenvalue weighted by Crippen LogP contribution is -2.75. The molecule has 2 aliphatic heterocycles. The molecule has 38 heavy (non-hydrogen) atoms. The molecular weight excluding hydrogens is 553 g/mol. The molecule has 2 fully saturated rings. The van der Waals surface area contributed by atoms with Gasteiger partial charge in [0.15, 0.2) is 0 Å². The summed E-state index contributed by atoms with van der Waals surface area (Å²) in [6, 6.07) is 11.7. The molecule has 2 saturated heterocycles. The molecule has 2 aliphatic rings. The van der Waals surface area contributed by atoms with Crippen molar-refractivity contribution < 1.29 is 24.3 Å². The Balaban J connectivity index is 1.57. The topological polar surface area (TPSA) is 154 Å². The molecule has 2 aromatic carbocycles. The molecule has 2 heterocycles. The molecule has 5 N–H and O–H groups in total. The number of aliphatic imine (C=N–C) groups is 1. The zero-order chi connectivity index (χ0) is 27.8. The number of β-lactam (4-membered cyclic amide) rings is 1. The maximum atomic E-state index is 13.6. The molecule has 0 radical (unpaired) electrons. The van der Waals surface area contributed by atoms with Crippen molar-refractivity contribution in [1.29, 1.82) is 0 Å². The van der Waals surface area contributed by atoms with Crippen LogP contribution in [-0.4, -0.2) is 61.9 Å². The van der Waals surface area contributed by atoms with Gasteiger partial charge in [-0.3, -0.25) is 24.3 Å². The van der Waals surface area contributed by atoms with Crippen LogP contribution in [-0.2, 0) is 19.2 Å². The number of fused-ring (bicyclic) bond motifs is 1. The van der Waals surface area contributed by atoms with E-state index >= 15 is 0 Å². The van der Waals surface area contributed by atoms with Crippen molar-refractivity contribution in [3.63, 3.8) is 0 Å². The number of hydrogen-bond acceptors (Lipinski definition) is 6. The molecule has 4 rings (SSSR count). The number of carbonyl (C=O) groups is 4. The second-order valence-electron chi connectivity index (χ2n) is 9.30. The molecule has 0 saturated carbocycles. The van der Waals surface area contributed by atoms with Gasteiger partial charge >= 0.3 is 5.97 Å². The van der Waals surface area contributed by atoms with Crippen molar-refractivity contribution in [3.8, 4) is 0 Å². The molecule has 10 nitrogen and oxygen atoms in total. The molecule has 13 heteroatoms. The highest BCUT2D eigenvalue weighted by Crippen LogP contribution is 2.55. The van der Waals surface area contributed by atoms with Gasteiger partial charge in [0.05, 0.1) is 26.6 Å². The van der Waals surface area contributed by atoms with Gasteiger partial charge in [-0.1, -0.05) is 53.5 Å². The van der Waals surface area contributed by atoms with Gasteiger partial charge in [-0.05, 0) is 37.6 Å². The first kappa shape index (κ1) is 27.7. The summed E-state index contributed by atoms with van der Waals surface area (Å²) in [5, 5.41) is 15.7. The fourth-order valence-corrected chi connectivity index (χ4v) is 6.52. The van der Waals surface area contributed by atoms with E-state index in [4.69, 9.17) is 28.9 Å². The number of amides is 3. The summed E-state index contributed by atoms with van der Waals surface area (Å²) in [7, 11) is 0. The van der Waals surface area contributed by atoms with E-state index in [0.717, 1.165) is 0 Å². The number of carbonyl (C=O) groups excluding carboxylic acids is 3. The average molecular weight is 578 g/mol. The highest BCUT2D eigenvalue weighted by atomic mass is 35.5. The fraction of sp³-hybridized carbons (Fsp3) is 0.320. The van der Waals surface area contributed by atoms with Crippen molar-refractivity contribution in [2.45, 2.75) is 42.1 Å². The van der Waals surface area contributed by atoms with E-state index in [2.05, 4.69) is 15.6 Å². The zero-order valence-electron chi connectivity index (χ0n) is 20.4. The normalized spacial score (nSPS) is 22.7. The number of amidine groups is 1. The highest BCUT2D eigenvalue weighted by Gasteiger charge is 2.70. The summed E-state index contributed by atoms with van der Waals surface area (Å²) < 4.78 is -1.05. The summed E-state index contributed by atoms with van der Waals surface area (Å²) in [4.78, 5) is 56.8. The van der Waals surface area contributed by atoms with Crippen molar-refractivity contribution in [2.75, 3.05) is 6.54 Å². The third kappa shape index (κ3) is 4.93. The van der Waals surface area contributed by atoms with Crippen molar-refractivity contribution in [2.24, 2.45) is 10.7 Å². The number of nitrogens with two attached hydrogens (primary N) is 1. The van der Waals surface area contributed by atoms with Gasteiger partial charge in [0.2, 0.25) is 23.4 Å². The zero-order valence-corrected chi connectivity index (χ0v) is 22.7. The van der Waals surface area contributed by atoms with Crippen LogP contribution in [0.2, 0.25) is 10.0 Å². The summed E-state index contributed by atoms with van der Waals surface area (Å²) in [5.41, 5.74) is 4.86. The Morgan fingerprint density at radius 2 is 1.87 bits per heavy atom. The summed E-state index contributed by atoms with van der Waals surface area (Å²) in [6.07, 6.45) is 0.191. The quantitative estimate of drug-likeness (QED) is 0.213. The predicted molar refractivity (Wildman–Crippen MR) is 145 cm³/mol. The van der Waals surface area contributed by atoms with E-state index in [1.54, 1.807) is 56.3 Å². The Hall–Kier alpha value is -3.28. The number of halogens is 2. The van der Waals surface area contributed by atoms with Crippen LogP contribution < -0.4 is 16.4 Å². The molecule has 0 spiro atoms. The standard InChI is InChI=1S/C25H25Cl2N5O5S/c1-24(2)25(23(36)37,32-18(34)11-19(32)38-24)31-22(35)20(13-6-4-3-5-7-13)30-17(33)12-29-21(28)14-8-9-15(26)16(27)10-14/h3-10,19-20H,11-12H2,1-2H3,(H2,28,29)(H,30,33)(H,31,35)(H,36,37)/t19-,20?,25+/m1/s1. The third-order valence-electron chi connectivity index (χ3n) is 6.49. The number of rotatable bonds is 8. The van der Waals surface area contributed by atoms with E-state index in [0.29, 0.717) is 16.1 Å². The largest absolute Gasteiger partial charge is 0.478 e. The van der Waals surface area contributed by atoms with E-state index in [-0.39, 0.29) is 28.6 Å². The number of carboxylic acid groups (broad SMARTS) is 1. The van der Waals surface area contributed by atoms with E-state index in [1.807, 2.05) is 0 Å². The predicted octanol–water partition coefficient (Wildman–Crippen LogP) is 2.54. The van der Waals surface area contributed by atoms with E-state index in [9.17, 15) is 24.3 Å². The van der Waals surface area contributed by atoms with Crippen LogP contribution >= 0.6 is 35.0 Å². The van der Waals surface area contributed by atoms with Crippen LogP contribution in [0, 0.1) is 0 Å². The monoisotopic (exact) mass is 577 g/mol. The van der Waals surface area contributed by atoms with Gasteiger partial charge in [-0.25, -0.2) is 4.79 Å². The van der Waals surface area contributed by atoms with E-state index in [1.165, 1.54) is 22.7 Å². The maximum Gasteiger partial charge on any atom is 0.352 e. The number of hydrogen-bond donors (Lipinski definition) is 4. The van der Waals surface area contributed by atoms with Gasteiger partial charge in [0, 0.05) is 5.56 Å². The Morgan fingerprint density at radius 1 is 1.18 bits per heavy atom. The first-order valence-electron chi connectivity index (χ1n) is 11.5. The number of nitrogens with zero attached hydrogens (tertiary/aromatic N) is 2. The molecule has 0 aliphatic carbocycles. The van der Waals surface area contributed by atoms with Gasteiger partial charge in [0.1, 0.15) is 18.4 Å². The minimum Gasteiger partial charge on any atom is -0.478 e. The second-order valence-corrected chi connectivity index (χ2v) is 11.9. The summed E-state index contributed by atoms with van der Waals surface area (Å²) in [6.45, 7) is 2.91. The highest BCUT2D eigenvalue weighted by molar-refractivity contribution is 8.01. The van der Waals surface area contributed by atoms with Crippen LogP contribution in [0.5, 0.6) is 0 Å². The van der Waals surface area contributed by atoms with Crippen molar-refractivity contribution >= 4 is 64.5 Å². The molecule has 2 aromatic rings. The van der Waals surface area contributed by atoms with Crippen LogP contribution in [0.3, 0.4) is 0 Å². The van der Waals surface area contributed by atoms with Crippen molar-refractivity contribution in [3.05, 3.63) is 69.7 Å². The van der Waals surface area contributed by atoms with Gasteiger partial charge in [-0.2, -0.15) is 0 Å². The molecule has 0 bridgehead atoms. The maximum absolute atomic E-state index is 13.6. The lowest BCUT2D eigenvalue weighted by atomic mass is 9.89. The minimum atomic E-state index is -2.00. The van der Waals surface area contributed by atoms with Gasteiger partial charge in [-0.15, -0.1) is 11.8 Å². The molecule has 0 aromatic heterocycles. The molecule has 3 atom stereocenters. The minimum absolute atomic E-state index is 0.0383. The Bertz CT molecular complexity index is 1340. The second kappa shape index (κ2) is 10.5. The molecule has 1 unspecified atom stereocenters. The lowest BCUT2D eigenvalue weighted by Gasteiger charge is -2.46. The number of nitrogens with one attached hydrogen (secondary N) is 2. The molecular formula is C25H25Cl2N5O5S. The summed E-state index contributed by atoms with van der Waals surface area (Å²) >= 11 is 13.2. The number of thioether (sulfide) groups is 1. The van der Waals surface area contributed by atoms with E-state index < -0.39 is 40.8 Å². The smallest absolute Gasteiger partial charge is 0.352 e. The average Bonchev–Trinajstić information content (AvgIpc) is 3.05. The number of benzene rings is 2. The Labute approximate surface area is 232 Å². The number of aliphatic carboxylic acids is 1. The molecule has 3 amide bonds. The Morgan fingerprint density at radius 3 is 2.47 bits per heavy atom. The van der Waals surface area contributed by atoms with Gasteiger partial charge < -0.3 is 21.5 Å². The fourth-order valence-electron chi connectivity index (χ4n) is 4.53. The summed E-state index contributed by atoms with van der Waals surface area (Å²) in [5.74, 6) is -3.13. The SMILES string of the molecule is CC1(C)S[C@@H]2CC(=O)N2[C@@]1(NC(=O)C(NC(=O)CN=C(N)c1ccc(Cl)c(Cl)c1)c1ccccc1)C(=O)O. The first-order chi connectivity index (χ1) is 17.9. The van der Waals surface area contributed by atoms with Crippen LogP contribution in [0.15, 0.2) is 53.5 Å². The lowest BCUT2D eigenvalue weighted by molar-refractivity contribution is -0.173. The van der Waals surface area contributed by atoms with Crippen LogP contribution in [0.25, 0.3) is 0 Å². The first-order valence-corrected chi connectivity index (χ1v) is 13.2. The number of carboxylic acids is 1. The van der Waals surface area contributed by atoms with Crippen LogP contribution in [0.1, 0.15) is 37.4 Å². The van der Waals surface area contributed by atoms with Crippen molar-refractivity contribution in [1.82, 2.24) is 15.5 Å². The Kier molecular flexibility index (Phi) is 7.64. The third-order valence-corrected chi connectivity index (χ3v) is 8.76. The van der Waals surface area contributed by atoms with Gasteiger partial charge in [0.25, 0.3) is 0 Å².